The topological polar surface area (TPSA) is 9.23 Å². The predicted molar refractivity (Wildman–Crippen MR) is 56.8 cm³/mol. The van der Waals surface area contributed by atoms with E-state index in [9.17, 15) is 4.39 Å². The highest BCUT2D eigenvalue weighted by Crippen LogP contribution is 2.28. The number of hydrogen-bond acceptors (Lipinski definition) is 1. The molecule has 0 aliphatic carbocycles. The van der Waals surface area contributed by atoms with Gasteiger partial charge in [0.2, 0.25) is 0 Å². The SMILES string of the molecule is C=CC1=C(C[C@H](F)CC)CC(C)CO1. The lowest BCUT2D eigenvalue weighted by Crippen LogP contribution is -2.16. The molecule has 14 heavy (non-hydrogen) atoms. The minimum Gasteiger partial charge on any atom is -0.493 e. The Morgan fingerprint density at radius 2 is 2.43 bits per heavy atom. The second kappa shape index (κ2) is 5.18. The molecule has 0 saturated heterocycles. The van der Waals surface area contributed by atoms with Gasteiger partial charge in [0.15, 0.2) is 0 Å². The average Bonchev–Trinajstić information content (AvgIpc) is 2.18. The van der Waals surface area contributed by atoms with Gasteiger partial charge in [-0.15, -0.1) is 0 Å². The smallest absolute Gasteiger partial charge is 0.118 e. The third-order valence-electron chi connectivity index (χ3n) is 2.56. The lowest BCUT2D eigenvalue weighted by molar-refractivity contribution is 0.152. The van der Waals surface area contributed by atoms with Gasteiger partial charge in [-0.05, 0) is 30.4 Å². The Labute approximate surface area is 85.6 Å². The second-order valence-corrected chi connectivity index (χ2v) is 4.00. The van der Waals surface area contributed by atoms with Crippen molar-refractivity contribution in [3.8, 4) is 0 Å². The number of alkyl halides is 1. The van der Waals surface area contributed by atoms with Crippen molar-refractivity contribution < 1.29 is 9.13 Å². The molecule has 2 heteroatoms. The monoisotopic (exact) mass is 198 g/mol. The van der Waals surface area contributed by atoms with Gasteiger partial charge in [-0.3, -0.25) is 0 Å². The normalized spacial score (nSPS) is 24.4. The summed E-state index contributed by atoms with van der Waals surface area (Å²) in [6.07, 6.45) is 2.98. The number of rotatable bonds is 4. The fourth-order valence-electron chi connectivity index (χ4n) is 1.71. The molecule has 80 valence electrons. The molecule has 0 bridgehead atoms. The molecule has 0 fully saturated rings. The summed E-state index contributed by atoms with van der Waals surface area (Å²) in [5, 5.41) is 0. The number of ether oxygens (including phenoxy) is 1. The zero-order valence-corrected chi connectivity index (χ0v) is 9.05. The van der Waals surface area contributed by atoms with Crippen LogP contribution < -0.4 is 0 Å². The highest BCUT2D eigenvalue weighted by atomic mass is 19.1. The second-order valence-electron chi connectivity index (χ2n) is 4.00. The highest BCUT2D eigenvalue weighted by molar-refractivity contribution is 5.21. The fraction of sp³-hybridized carbons (Fsp3) is 0.667. The first-order valence-electron chi connectivity index (χ1n) is 5.28. The first kappa shape index (κ1) is 11.3. The Balaban J connectivity index is 2.68. The van der Waals surface area contributed by atoms with Crippen LogP contribution in [-0.2, 0) is 4.74 Å². The molecule has 0 saturated carbocycles. The average molecular weight is 198 g/mol. The van der Waals surface area contributed by atoms with Gasteiger partial charge in [0.25, 0.3) is 0 Å². The summed E-state index contributed by atoms with van der Waals surface area (Å²) in [6, 6.07) is 0. The quantitative estimate of drug-likeness (QED) is 0.670. The van der Waals surface area contributed by atoms with Crippen LogP contribution in [0, 0.1) is 5.92 Å². The zero-order valence-electron chi connectivity index (χ0n) is 9.05. The van der Waals surface area contributed by atoms with Crippen LogP contribution in [0.1, 0.15) is 33.1 Å². The van der Waals surface area contributed by atoms with Crippen molar-refractivity contribution in [2.45, 2.75) is 39.3 Å². The van der Waals surface area contributed by atoms with E-state index in [0.717, 1.165) is 24.4 Å². The molecule has 0 aromatic rings. The molecule has 0 N–H and O–H groups in total. The summed E-state index contributed by atoms with van der Waals surface area (Å²) in [6.45, 7) is 8.41. The van der Waals surface area contributed by atoms with Gasteiger partial charge in [-0.1, -0.05) is 20.4 Å². The molecule has 2 atom stereocenters. The van der Waals surface area contributed by atoms with Crippen molar-refractivity contribution in [3.63, 3.8) is 0 Å². The molecule has 0 aromatic carbocycles. The van der Waals surface area contributed by atoms with Crippen LogP contribution in [0.4, 0.5) is 4.39 Å². The van der Waals surface area contributed by atoms with Gasteiger partial charge < -0.3 is 4.74 Å². The van der Waals surface area contributed by atoms with E-state index < -0.39 is 6.17 Å². The number of halogens is 1. The Morgan fingerprint density at radius 1 is 1.71 bits per heavy atom. The number of hydrogen-bond donors (Lipinski definition) is 0. The first-order chi connectivity index (χ1) is 6.67. The Kier molecular flexibility index (Phi) is 4.18. The lowest BCUT2D eigenvalue weighted by Gasteiger charge is -2.24. The molecule has 1 heterocycles. The summed E-state index contributed by atoms with van der Waals surface area (Å²) in [5.74, 6) is 1.30. The molecule has 1 aliphatic rings. The van der Waals surface area contributed by atoms with Gasteiger partial charge in [0.1, 0.15) is 11.9 Å². The predicted octanol–water partition coefficient (Wildman–Crippen LogP) is 3.62. The van der Waals surface area contributed by atoms with Crippen LogP contribution in [0.2, 0.25) is 0 Å². The molecular weight excluding hydrogens is 179 g/mol. The van der Waals surface area contributed by atoms with E-state index in [1.807, 2.05) is 6.92 Å². The maximum absolute atomic E-state index is 13.2. The van der Waals surface area contributed by atoms with Crippen molar-refractivity contribution in [2.75, 3.05) is 6.61 Å². The minimum absolute atomic E-state index is 0.498. The molecule has 1 aliphatic heterocycles. The minimum atomic E-state index is -0.742. The van der Waals surface area contributed by atoms with E-state index in [1.165, 1.54) is 0 Å². The third kappa shape index (κ3) is 2.86. The van der Waals surface area contributed by atoms with E-state index in [2.05, 4.69) is 13.5 Å². The summed E-state index contributed by atoms with van der Waals surface area (Å²) in [4.78, 5) is 0. The molecule has 1 nitrogen and oxygen atoms in total. The summed E-state index contributed by atoms with van der Waals surface area (Å²) in [5.41, 5.74) is 1.09. The molecule has 0 amide bonds. The van der Waals surface area contributed by atoms with Crippen molar-refractivity contribution in [3.05, 3.63) is 24.0 Å². The maximum Gasteiger partial charge on any atom is 0.118 e. The van der Waals surface area contributed by atoms with Gasteiger partial charge in [-0.2, -0.15) is 0 Å². The molecule has 0 aromatic heterocycles. The van der Waals surface area contributed by atoms with Crippen molar-refractivity contribution in [2.24, 2.45) is 5.92 Å². The van der Waals surface area contributed by atoms with Gasteiger partial charge in [0, 0.05) is 6.42 Å². The summed E-state index contributed by atoms with van der Waals surface area (Å²) < 4.78 is 18.7. The molecule has 0 spiro atoms. The van der Waals surface area contributed by atoms with Crippen molar-refractivity contribution in [1.82, 2.24) is 0 Å². The summed E-state index contributed by atoms with van der Waals surface area (Å²) in [7, 11) is 0. The summed E-state index contributed by atoms with van der Waals surface area (Å²) >= 11 is 0. The van der Waals surface area contributed by atoms with Crippen LogP contribution >= 0.6 is 0 Å². The van der Waals surface area contributed by atoms with Crippen LogP contribution in [0.15, 0.2) is 24.0 Å². The van der Waals surface area contributed by atoms with Crippen LogP contribution in [0.3, 0.4) is 0 Å². The first-order valence-corrected chi connectivity index (χ1v) is 5.28. The van der Waals surface area contributed by atoms with Gasteiger partial charge in [0.05, 0.1) is 6.61 Å². The van der Waals surface area contributed by atoms with E-state index in [0.29, 0.717) is 18.8 Å². The van der Waals surface area contributed by atoms with Crippen molar-refractivity contribution in [1.29, 1.82) is 0 Å². The van der Waals surface area contributed by atoms with Crippen LogP contribution in [-0.4, -0.2) is 12.8 Å². The van der Waals surface area contributed by atoms with Crippen LogP contribution in [0.5, 0.6) is 0 Å². The fourth-order valence-corrected chi connectivity index (χ4v) is 1.71. The standard InChI is InChI=1S/C12H19FO/c1-4-11(13)7-10-6-9(3)8-14-12(10)5-2/h5,9,11H,2,4,6-8H2,1,3H3/t9?,11-/m1/s1. The van der Waals surface area contributed by atoms with Crippen LogP contribution in [0.25, 0.3) is 0 Å². The van der Waals surface area contributed by atoms with E-state index >= 15 is 0 Å². The van der Waals surface area contributed by atoms with Crippen molar-refractivity contribution >= 4 is 0 Å². The molecule has 1 rings (SSSR count). The Hall–Kier alpha value is -0.790. The number of allylic oxidation sites excluding steroid dienone is 2. The Morgan fingerprint density at radius 3 is 3.00 bits per heavy atom. The van der Waals surface area contributed by atoms with Gasteiger partial charge in [-0.25, -0.2) is 4.39 Å². The molecule has 0 radical (unpaired) electrons. The van der Waals surface area contributed by atoms with Gasteiger partial charge >= 0.3 is 0 Å². The highest BCUT2D eigenvalue weighted by Gasteiger charge is 2.19. The largest absolute Gasteiger partial charge is 0.493 e. The maximum atomic E-state index is 13.2. The van der Waals surface area contributed by atoms with E-state index in [4.69, 9.17) is 4.74 Å². The Bertz CT molecular complexity index is 232. The lowest BCUT2D eigenvalue weighted by atomic mass is 9.94. The zero-order chi connectivity index (χ0) is 10.6. The molecule has 1 unspecified atom stereocenters. The molecular formula is C12H19FO. The van der Waals surface area contributed by atoms with E-state index in [1.54, 1.807) is 6.08 Å². The third-order valence-corrected chi connectivity index (χ3v) is 2.56. The van der Waals surface area contributed by atoms with E-state index in [-0.39, 0.29) is 0 Å².